The van der Waals surface area contributed by atoms with Crippen molar-refractivity contribution in [3.8, 4) is 0 Å². The minimum atomic E-state index is -0.420. The average Bonchev–Trinajstić information content (AvgIpc) is 2.35. The number of benzene rings is 1. The van der Waals surface area contributed by atoms with Gasteiger partial charge in [-0.2, -0.15) is 5.10 Å². The fourth-order valence-corrected chi connectivity index (χ4v) is 1.28. The van der Waals surface area contributed by atoms with Gasteiger partial charge in [-0.3, -0.25) is 15.5 Å². The Hall–Kier alpha value is -1.91. The van der Waals surface area contributed by atoms with Gasteiger partial charge >= 0.3 is 0 Å². The predicted octanol–water partition coefficient (Wildman–Crippen LogP) is 3.43. The van der Waals surface area contributed by atoms with Gasteiger partial charge in [-0.15, -0.1) is 0 Å². The van der Waals surface area contributed by atoms with E-state index in [0.717, 1.165) is 12.1 Å². The van der Waals surface area contributed by atoms with Crippen molar-refractivity contribution < 1.29 is 4.92 Å². The summed E-state index contributed by atoms with van der Waals surface area (Å²) in [5, 5.41) is 14.9. The zero-order chi connectivity index (χ0) is 12.8. The molecular formula is C12H17N3O2. The van der Waals surface area contributed by atoms with Crippen molar-refractivity contribution in [1.82, 2.24) is 0 Å². The van der Waals surface area contributed by atoms with Gasteiger partial charge in [0.25, 0.3) is 5.69 Å². The predicted molar refractivity (Wildman–Crippen MR) is 69.3 cm³/mol. The topological polar surface area (TPSA) is 67.5 Å². The van der Waals surface area contributed by atoms with Crippen LogP contribution in [0.15, 0.2) is 29.4 Å². The summed E-state index contributed by atoms with van der Waals surface area (Å²) in [6.45, 7) is 6.06. The van der Waals surface area contributed by atoms with Gasteiger partial charge in [-0.25, -0.2) is 0 Å². The zero-order valence-corrected chi connectivity index (χ0v) is 10.3. The fourth-order valence-electron chi connectivity index (χ4n) is 1.28. The monoisotopic (exact) mass is 235 g/mol. The summed E-state index contributed by atoms with van der Waals surface area (Å²) in [6, 6.07) is 6.47. The third kappa shape index (κ3) is 3.55. The molecule has 5 nitrogen and oxygen atoms in total. The first-order valence-electron chi connectivity index (χ1n) is 5.59. The molecule has 0 spiro atoms. The number of rotatable bonds is 5. The maximum Gasteiger partial charge on any atom is 0.294 e. The molecule has 17 heavy (non-hydrogen) atoms. The van der Waals surface area contributed by atoms with Crippen molar-refractivity contribution in [3.63, 3.8) is 0 Å². The highest BCUT2D eigenvalue weighted by Crippen LogP contribution is 2.23. The second-order valence-electron chi connectivity index (χ2n) is 3.95. The molecule has 1 aromatic carbocycles. The highest BCUT2D eigenvalue weighted by Gasteiger charge is 2.11. The fraction of sp³-hybridized carbons (Fsp3) is 0.417. The summed E-state index contributed by atoms with van der Waals surface area (Å²) < 4.78 is 0. The number of anilines is 1. The number of hydrazone groups is 1. The molecule has 0 radical (unpaired) electrons. The number of nitrogens with one attached hydrogen (secondary N) is 1. The number of hydrogen-bond acceptors (Lipinski definition) is 4. The van der Waals surface area contributed by atoms with Gasteiger partial charge in [-0.05, 0) is 25.3 Å². The largest absolute Gasteiger partial charge is 0.294 e. The molecule has 0 aromatic heterocycles. The van der Waals surface area contributed by atoms with Gasteiger partial charge in [0, 0.05) is 11.8 Å². The molecule has 0 aliphatic heterocycles. The van der Waals surface area contributed by atoms with Crippen LogP contribution in [0.2, 0.25) is 0 Å². The van der Waals surface area contributed by atoms with Crippen LogP contribution < -0.4 is 5.43 Å². The Morgan fingerprint density at radius 2 is 2.18 bits per heavy atom. The molecule has 0 saturated carbocycles. The molecule has 0 aliphatic rings. The maximum absolute atomic E-state index is 10.8. The molecule has 5 heteroatoms. The van der Waals surface area contributed by atoms with Crippen LogP contribution in [0.1, 0.15) is 27.2 Å². The summed E-state index contributed by atoms with van der Waals surface area (Å²) in [5.74, 6) is 0.366. The minimum Gasteiger partial charge on any atom is -0.272 e. The first kappa shape index (κ1) is 13.2. The average molecular weight is 235 g/mol. The van der Waals surface area contributed by atoms with Gasteiger partial charge in [0.1, 0.15) is 5.69 Å². The van der Waals surface area contributed by atoms with Crippen LogP contribution >= 0.6 is 0 Å². The Balaban J connectivity index is 2.86. The van der Waals surface area contributed by atoms with Crippen molar-refractivity contribution in [2.75, 3.05) is 5.43 Å². The summed E-state index contributed by atoms with van der Waals surface area (Å²) in [7, 11) is 0. The van der Waals surface area contributed by atoms with E-state index in [1.54, 1.807) is 18.2 Å². The Morgan fingerprint density at radius 3 is 2.76 bits per heavy atom. The Labute approximate surface area is 101 Å². The van der Waals surface area contributed by atoms with Gasteiger partial charge in [0.15, 0.2) is 0 Å². The molecule has 92 valence electrons. The smallest absolute Gasteiger partial charge is 0.272 e. The highest BCUT2D eigenvalue weighted by atomic mass is 16.6. The van der Waals surface area contributed by atoms with E-state index < -0.39 is 4.92 Å². The van der Waals surface area contributed by atoms with E-state index >= 15 is 0 Å². The molecule has 0 amide bonds. The van der Waals surface area contributed by atoms with Crippen LogP contribution in [0, 0.1) is 16.0 Å². The zero-order valence-electron chi connectivity index (χ0n) is 10.3. The molecule has 0 bridgehead atoms. The van der Waals surface area contributed by atoms with E-state index in [4.69, 9.17) is 0 Å². The minimum absolute atomic E-state index is 0.0354. The van der Waals surface area contributed by atoms with Crippen LogP contribution in [-0.2, 0) is 0 Å². The molecule has 0 saturated heterocycles. The van der Waals surface area contributed by atoms with Gasteiger partial charge < -0.3 is 0 Å². The summed E-state index contributed by atoms with van der Waals surface area (Å²) in [6.07, 6.45) is 0.994. The van der Waals surface area contributed by atoms with Crippen LogP contribution in [0.4, 0.5) is 11.4 Å². The van der Waals surface area contributed by atoms with Crippen LogP contribution in [0.5, 0.6) is 0 Å². The quantitative estimate of drug-likeness (QED) is 0.483. The summed E-state index contributed by atoms with van der Waals surface area (Å²) >= 11 is 0. The Bertz CT molecular complexity index is 430. The number of para-hydroxylation sites is 2. The lowest BCUT2D eigenvalue weighted by atomic mass is 10.1. The number of nitrogens with zero attached hydrogens (tertiary/aromatic N) is 2. The van der Waals surface area contributed by atoms with Crippen molar-refractivity contribution in [1.29, 1.82) is 0 Å². The standard InChI is InChI=1S/C12H17N3O2/c1-4-9(2)10(3)13-14-11-7-5-6-8-12(11)15(16)17/h5-9,14H,4H2,1-3H3/b13-10-/t9-/m1/s1. The van der Waals surface area contributed by atoms with E-state index in [1.807, 2.05) is 6.92 Å². The molecule has 1 atom stereocenters. The highest BCUT2D eigenvalue weighted by molar-refractivity contribution is 5.84. The second kappa shape index (κ2) is 5.98. The molecule has 0 aliphatic carbocycles. The normalized spacial score (nSPS) is 13.2. The lowest BCUT2D eigenvalue weighted by Gasteiger charge is -2.08. The molecule has 1 aromatic rings. The molecule has 0 unspecified atom stereocenters. The molecular weight excluding hydrogens is 218 g/mol. The van der Waals surface area contributed by atoms with E-state index in [9.17, 15) is 10.1 Å². The second-order valence-corrected chi connectivity index (χ2v) is 3.95. The maximum atomic E-state index is 10.8. The van der Waals surface area contributed by atoms with Crippen molar-refractivity contribution in [2.45, 2.75) is 27.2 Å². The first-order valence-corrected chi connectivity index (χ1v) is 5.59. The lowest BCUT2D eigenvalue weighted by molar-refractivity contribution is -0.384. The van der Waals surface area contributed by atoms with Crippen molar-refractivity contribution in [3.05, 3.63) is 34.4 Å². The lowest BCUT2D eigenvalue weighted by Crippen LogP contribution is -2.08. The SMILES string of the molecule is CC[C@@H](C)/C(C)=N\Nc1ccccc1[N+](=O)[O-]. The van der Waals surface area contributed by atoms with Crippen molar-refractivity contribution in [2.24, 2.45) is 11.0 Å². The van der Waals surface area contributed by atoms with E-state index in [1.165, 1.54) is 6.07 Å². The van der Waals surface area contributed by atoms with Crippen molar-refractivity contribution >= 4 is 17.1 Å². The van der Waals surface area contributed by atoms with E-state index in [-0.39, 0.29) is 5.69 Å². The van der Waals surface area contributed by atoms with E-state index in [0.29, 0.717) is 11.6 Å². The van der Waals surface area contributed by atoms with Gasteiger partial charge in [-0.1, -0.05) is 26.0 Å². The Kier molecular flexibility index (Phi) is 4.63. The number of hydrogen-bond donors (Lipinski definition) is 1. The number of nitro groups is 1. The van der Waals surface area contributed by atoms with E-state index in [2.05, 4.69) is 24.4 Å². The summed E-state index contributed by atoms with van der Waals surface area (Å²) in [4.78, 5) is 10.4. The molecule has 1 N–H and O–H groups in total. The van der Waals surface area contributed by atoms with Crippen LogP contribution in [0.3, 0.4) is 0 Å². The molecule has 0 heterocycles. The third-order valence-corrected chi connectivity index (χ3v) is 2.78. The first-order chi connectivity index (χ1) is 8.06. The molecule has 0 fully saturated rings. The number of nitro benzene ring substituents is 1. The summed E-state index contributed by atoms with van der Waals surface area (Å²) in [5.41, 5.74) is 4.14. The van der Waals surface area contributed by atoms with Crippen LogP contribution in [-0.4, -0.2) is 10.6 Å². The van der Waals surface area contributed by atoms with Gasteiger partial charge in [0.05, 0.1) is 4.92 Å². The molecule has 1 rings (SSSR count). The third-order valence-electron chi connectivity index (χ3n) is 2.78. The Morgan fingerprint density at radius 1 is 1.53 bits per heavy atom. The van der Waals surface area contributed by atoms with Crippen LogP contribution in [0.25, 0.3) is 0 Å². The van der Waals surface area contributed by atoms with Gasteiger partial charge in [0.2, 0.25) is 0 Å².